The van der Waals surface area contributed by atoms with Crippen LogP contribution >= 0.6 is 15.9 Å². The van der Waals surface area contributed by atoms with E-state index < -0.39 is 0 Å². The molecule has 3 heteroatoms. The maximum Gasteiger partial charge on any atom is 0.166 e. The average Bonchev–Trinajstić information content (AvgIpc) is 2.51. The van der Waals surface area contributed by atoms with Crippen LogP contribution in [0.4, 0.5) is 0 Å². The third-order valence-electron chi connectivity index (χ3n) is 4.12. The van der Waals surface area contributed by atoms with Gasteiger partial charge in [0.2, 0.25) is 0 Å². The Bertz CT molecular complexity index is 679. The van der Waals surface area contributed by atoms with Crippen LogP contribution in [-0.4, -0.2) is 12.9 Å². The first-order valence-electron chi connectivity index (χ1n) is 7.13. The first kappa shape index (κ1) is 14.3. The van der Waals surface area contributed by atoms with Gasteiger partial charge in [-0.1, -0.05) is 40.2 Å². The van der Waals surface area contributed by atoms with Crippen molar-refractivity contribution < 1.29 is 9.53 Å². The van der Waals surface area contributed by atoms with Crippen LogP contribution in [0.1, 0.15) is 27.9 Å². The fraction of sp³-hybridized carbons (Fsp3) is 0.278. The summed E-state index contributed by atoms with van der Waals surface area (Å²) in [6.45, 7) is 0. The lowest BCUT2D eigenvalue weighted by Crippen LogP contribution is -2.24. The second kappa shape index (κ2) is 6.02. The number of halogens is 1. The molecule has 0 spiro atoms. The number of ketones is 1. The van der Waals surface area contributed by atoms with E-state index in [-0.39, 0.29) is 11.7 Å². The minimum atomic E-state index is 0.0445. The van der Waals surface area contributed by atoms with E-state index in [1.807, 2.05) is 36.4 Å². The number of fused-ring (bicyclic) bond motifs is 1. The quantitative estimate of drug-likeness (QED) is 0.822. The van der Waals surface area contributed by atoms with Crippen LogP contribution in [0.5, 0.6) is 5.75 Å². The summed E-state index contributed by atoms with van der Waals surface area (Å²) in [5, 5.41) is 0. The van der Waals surface area contributed by atoms with Crippen LogP contribution in [0.25, 0.3) is 0 Å². The van der Waals surface area contributed by atoms with Gasteiger partial charge < -0.3 is 4.74 Å². The maximum absolute atomic E-state index is 12.7. The van der Waals surface area contributed by atoms with Crippen molar-refractivity contribution in [3.05, 3.63) is 63.6 Å². The third-order valence-corrected chi connectivity index (χ3v) is 4.62. The van der Waals surface area contributed by atoms with Crippen molar-refractivity contribution in [1.29, 1.82) is 0 Å². The van der Waals surface area contributed by atoms with E-state index in [9.17, 15) is 4.79 Å². The highest BCUT2D eigenvalue weighted by Crippen LogP contribution is 2.31. The summed E-state index contributed by atoms with van der Waals surface area (Å²) < 4.78 is 6.43. The fourth-order valence-electron chi connectivity index (χ4n) is 3.03. The standard InChI is InChI=1S/C18H17BrO2/c1-21-17-9-8-15(19)11-14(17)10-13-7-6-12-4-2-3-5-16(12)18(13)20/h2-5,8-9,11,13H,6-7,10H2,1H3. The molecule has 0 saturated carbocycles. The molecule has 0 saturated heterocycles. The normalized spacial score (nSPS) is 17.4. The van der Waals surface area contributed by atoms with Crippen LogP contribution in [0.3, 0.4) is 0 Å². The summed E-state index contributed by atoms with van der Waals surface area (Å²) in [5.41, 5.74) is 3.16. The van der Waals surface area contributed by atoms with Gasteiger partial charge in [0.15, 0.2) is 5.78 Å². The third kappa shape index (κ3) is 2.88. The summed E-state index contributed by atoms with van der Waals surface area (Å²) in [5.74, 6) is 1.16. The van der Waals surface area contributed by atoms with Gasteiger partial charge >= 0.3 is 0 Å². The molecule has 2 aromatic rings. The molecule has 0 fully saturated rings. The van der Waals surface area contributed by atoms with Crippen molar-refractivity contribution in [2.24, 2.45) is 5.92 Å². The molecule has 0 radical (unpaired) electrons. The molecule has 0 N–H and O–H groups in total. The molecular formula is C18H17BrO2. The highest BCUT2D eigenvalue weighted by atomic mass is 79.9. The fourth-order valence-corrected chi connectivity index (χ4v) is 3.43. The molecule has 108 valence electrons. The van der Waals surface area contributed by atoms with Gasteiger partial charge in [-0.05, 0) is 48.6 Å². The van der Waals surface area contributed by atoms with E-state index in [0.29, 0.717) is 0 Å². The van der Waals surface area contributed by atoms with E-state index >= 15 is 0 Å². The first-order chi connectivity index (χ1) is 10.2. The van der Waals surface area contributed by atoms with Crippen molar-refractivity contribution in [2.75, 3.05) is 7.11 Å². The van der Waals surface area contributed by atoms with Gasteiger partial charge in [-0.2, -0.15) is 0 Å². The molecule has 3 rings (SSSR count). The Kier molecular flexibility index (Phi) is 4.11. The Morgan fingerprint density at radius 1 is 1.24 bits per heavy atom. The Hall–Kier alpha value is -1.61. The highest BCUT2D eigenvalue weighted by Gasteiger charge is 2.27. The van der Waals surface area contributed by atoms with Gasteiger partial charge in [0.25, 0.3) is 0 Å². The Balaban J connectivity index is 1.87. The predicted molar refractivity (Wildman–Crippen MR) is 87.0 cm³/mol. The summed E-state index contributed by atoms with van der Waals surface area (Å²) in [6.07, 6.45) is 2.62. The minimum absolute atomic E-state index is 0.0445. The van der Waals surface area contributed by atoms with E-state index in [1.165, 1.54) is 5.56 Å². The number of methoxy groups -OCH3 is 1. The largest absolute Gasteiger partial charge is 0.496 e. The van der Waals surface area contributed by atoms with Gasteiger partial charge in [0.05, 0.1) is 7.11 Å². The van der Waals surface area contributed by atoms with E-state index in [2.05, 4.69) is 22.0 Å². The SMILES string of the molecule is COc1ccc(Br)cc1CC1CCc2ccccc2C1=O. The molecule has 2 aromatic carbocycles. The molecular weight excluding hydrogens is 328 g/mol. The maximum atomic E-state index is 12.7. The van der Waals surface area contributed by atoms with Gasteiger partial charge in [-0.25, -0.2) is 0 Å². The number of hydrogen-bond acceptors (Lipinski definition) is 2. The summed E-state index contributed by atoms with van der Waals surface area (Å²) in [7, 11) is 1.67. The number of carbonyl (C=O) groups excluding carboxylic acids is 1. The summed E-state index contributed by atoms with van der Waals surface area (Å²) in [6, 6.07) is 13.9. The highest BCUT2D eigenvalue weighted by molar-refractivity contribution is 9.10. The minimum Gasteiger partial charge on any atom is -0.496 e. The number of Topliss-reactive ketones (excluding diaryl/α,β-unsaturated/α-hetero) is 1. The van der Waals surface area contributed by atoms with Crippen LogP contribution in [-0.2, 0) is 12.8 Å². The molecule has 0 aliphatic heterocycles. The molecule has 0 amide bonds. The molecule has 1 aliphatic carbocycles. The molecule has 1 atom stereocenters. The Morgan fingerprint density at radius 2 is 2.05 bits per heavy atom. The molecule has 21 heavy (non-hydrogen) atoms. The topological polar surface area (TPSA) is 26.3 Å². The number of ether oxygens (including phenoxy) is 1. The van der Waals surface area contributed by atoms with Gasteiger partial charge in [-0.15, -0.1) is 0 Å². The number of hydrogen-bond donors (Lipinski definition) is 0. The van der Waals surface area contributed by atoms with E-state index in [4.69, 9.17) is 4.74 Å². The molecule has 0 heterocycles. The Morgan fingerprint density at radius 3 is 2.86 bits per heavy atom. The second-order valence-corrected chi connectivity index (χ2v) is 6.33. The summed E-state index contributed by atoms with van der Waals surface area (Å²) in [4.78, 5) is 12.7. The number of benzene rings is 2. The van der Waals surface area contributed by atoms with Crippen LogP contribution in [0.15, 0.2) is 46.9 Å². The van der Waals surface area contributed by atoms with Crippen LogP contribution in [0.2, 0.25) is 0 Å². The van der Waals surface area contributed by atoms with E-state index in [1.54, 1.807) is 7.11 Å². The predicted octanol–water partition coefficient (Wildman–Crippen LogP) is 4.45. The van der Waals surface area contributed by atoms with Gasteiger partial charge in [0, 0.05) is 16.0 Å². The van der Waals surface area contributed by atoms with Gasteiger partial charge in [0.1, 0.15) is 5.75 Å². The van der Waals surface area contributed by atoms with E-state index in [0.717, 1.165) is 40.6 Å². The molecule has 1 unspecified atom stereocenters. The lowest BCUT2D eigenvalue weighted by atomic mass is 9.79. The molecule has 2 nitrogen and oxygen atoms in total. The van der Waals surface area contributed by atoms with Crippen molar-refractivity contribution in [1.82, 2.24) is 0 Å². The van der Waals surface area contributed by atoms with Crippen LogP contribution in [0, 0.1) is 5.92 Å². The zero-order chi connectivity index (χ0) is 14.8. The average molecular weight is 345 g/mol. The van der Waals surface area contributed by atoms with Crippen molar-refractivity contribution in [2.45, 2.75) is 19.3 Å². The monoisotopic (exact) mass is 344 g/mol. The summed E-state index contributed by atoms with van der Waals surface area (Å²) >= 11 is 3.49. The van der Waals surface area contributed by atoms with Crippen LogP contribution < -0.4 is 4.74 Å². The van der Waals surface area contributed by atoms with Crippen molar-refractivity contribution in [3.8, 4) is 5.75 Å². The zero-order valence-corrected chi connectivity index (χ0v) is 13.5. The Labute approximate surface area is 133 Å². The lowest BCUT2D eigenvalue weighted by Gasteiger charge is -2.24. The molecule has 0 aromatic heterocycles. The number of rotatable bonds is 3. The smallest absolute Gasteiger partial charge is 0.166 e. The number of aryl methyl sites for hydroxylation is 1. The second-order valence-electron chi connectivity index (χ2n) is 5.42. The molecule has 1 aliphatic rings. The molecule has 0 bridgehead atoms. The van der Waals surface area contributed by atoms with Crippen molar-refractivity contribution in [3.63, 3.8) is 0 Å². The first-order valence-corrected chi connectivity index (χ1v) is 7.93. The van der Waals surface area contributed by atoms with Crippen molar-refractivity contribution >= 4 is 21.7 Å². The number of carbonyl (C=O) groups is 1. The van der Waals surface area contributed by atoms with Gasteiger partial charge in [-0.3, -0.25) is 4.79 Å². The lowest BCUT2D eigenvalue weighted by molar-refractivity contribution is 0.0901. The zero-order valence-electron chi connectivity index (χ0n) is 11.9.